The second kappa shape index (κ2) is 10.1. The largest absolute Gasteiger partial charge is 0.478 e. The van der Waals surface area contributed by atoms with Crippen LogP contribution in [0.5, 0.6) is 0 Å². The maximum atomic E-state index is 14.3. The van der Waals surface area contributed by atoms with Gasteiger partial charge in [0.05, 0.1) is 18.4 Å². The minimum absolute atomic E-state index is 0.165. The van der Waals surface area contributed by atoms with Gasteiger partial charge in [-0.3, -0.25) is 4.98 Å². The maximum Gasteiger partial charge on any atom is 0.335 e. The first-order chi connectivity index (χ1) is 17.1. The van der Waals surface area contributed by atoms with E-state index in [0.29, 0.717) is 47.5 Å². The average Bonchev–Trinajstić information content (AvgIpc) is 3.45. The number of carboxylic acid groups (broad SMARTS) is 1. The van der Waals surface area contributed by atoms with Gasteiger partial charge in [-0.1, -0.05) is 22.4 Å². The number of benzene rings is 1. The molecule has 0 spiro atoms. The molecule has 3 aromatic heterocycles. The summed E-state index contributed by atoms with van der Waals surface area (Å²) in [6, 6.07) is 7.99. The lowest BCUT2D eigenvalue weighted by molar-refractivity contribution is 0.0697. The van der Waals surface area contributed by atoms with Gasteiger partial charge >= 0.3 is 5.97 Å². The summed E-state index contributed by atoms with van der Waals surface area (Å²) in [5.41, 5.74) is 2.37. The molecule has 1 fully saturated rings. The van der Waals surface area contributed by atoms with E-state index in [1.807, 2.05) is 0 Å². The van der Waals surface area contributed by atoms with Crippen LogP contribution in [0.3, 0.4) is 0 Å². The molecule has 0 aliphatic heterocycles. The topological polar surface area (TPSA) is 124 Å². The number of rotatable bonds is 11. The standard InChI is InChI=1S/C25H23FN4O5/c26-20-13-27-10-9-18(20)22-19(23(35-29-22)15-7-8-15)14-33-11-2-1-6-21-28-24(30-34-21)16-4-3-5-17(12-16)25(31)32/h3-5,9-10,12-13,15H,1-2,6-8,11,14H2,(H,31,32). The number of aryl methyl sites for hydroxylation is 1. The summed E-state index contributed by atoms with van der Waals surface area (Å²) >= 11 is 0. The van der Waals surface area contributed by atoms with Crippen LogP contribution in [0.1, 0.15) is 59.2 Å². The molecule has 5 rings (SSSR count). The molecule has 1 aliphatic carbocycles. The van der Waals surface area contributed by atoms with E-state index in [0.717, 1.165) is 43.2 Å². The van der Waals surface area contributed by atoms with Crippen molar-refractivity contribution in [2.24, 2.45) is 0 Å². The van der Waals surface area contributed by atoms with E-state index < -0.39 is 11.8 Å². The van der Waals surface area contributed by atoms with Crippen molar-refractivity contribution in [2.45, 2.75) is 44.6 Å². The molecule has 180 valence electrons. The smallest absolute Gasteiger partial charge is 0.335 e. The zero-order chi connectivity index (χ0) is 24.2. The van der Waals surface area contributed by atoms with Crippen molar-refractivity contribution in [3.05, 3.63) is 71.3 Å². The predicted molar refractivity (Wildman–Crippen MR) is 121 cm³/mol. The molecular formula is C25H23FN4O5. The van der Waals surface area contributed by atoms with Crippen molar-refractivity contribution in [3.63, 3.8) is 0 Å². The molecular weight excluding hydrogens is 455 g/mol. The van der Waals surface area contributed by atoms with Crippen LogP contribution < -0.4 is 0 Å². The van der Waals surface area contributed by atoms with Crippen LogP contribution >= 0.6 is 0 Å². The number of nitrogens with zero attached hydrogens (tertiary/aromatic N) is 4. The maximum absolute atomic E-state index is 14.3. The highest BCUT2D eigenvalue weighted by Crippen LogP contribution is 2.44. The summed E-state index contributed by atoms with van der Waals surface area (Å²) in [4.78, 5) is 19.3. The summed E-state index contributed by atoms with van der Waals surface area (Å²) in [5, 5.41) is 17.2. The summed E-state index contributed by atoms with van der Waals surface area (Å²) in [7, 11) is 0. The minimum atomic E-state index is -1.01. The van der Waals surface area contributed by atoms with E-state index >= 15 is 0 Å². The fourth-order valence-electron chi connectivity index (χ4n) is 3.83. The minimum Gasteiger partial charge on any atom is -0.478 e. The van der Waals surface area contributed by atoms with Gasteiger partial charge in [-0.05, 0) is 43.9 Å². The highest BCUT2D eigenvalue weighted by Gasteiger charge is 2.33. The molecule has 0 bridgehead atoms. The number of carbonyl (C=O) groups is 1. The number of carboxylic acids is 1. The van der Waals surface area contributed by atoms with Crippen molar-refractivity contribution < 1.29 is 28.1 Å². The van der Waals surface area contributed by atoms with Gasteiger partial charge in [0.2, 0.25) is 11.7 Å². The van der Waals surface area contributed by atoms with Crippen LogP contribution in [0.2, 0.25) is 0 Å². The lowest BCUT2D eigenvalue weighted by atomic mass is 10.1. The fourth-order valence-corrected chi connectivity index (χ4v) is 3.83. The zero-order valence-corrected chi connectivity index (χ0v) is 18.8. The molecule has 10 heteroatoms. The number of hydrogen-bond donors (Lipinski definition) is 1. The predicted octanol–water partition coefficient (Wildman–Crippen LogP) is 5.04. The van der Waals surface area contributed by atoms with E-state index in [9.17, 15) is 9.18 Å². The van der Waals surface area contributed by atoms with E-state index in [1.165, 1.54) is 18.3 Å². The van der Waals surface area contributed by atoms with Crippen LogP contribution in [0.15, 0.2) is 51.8 Å². The number of halogens is 1. The highest BCUT2D eigenvalue weighted by atomic mass is 19.1. The van der Waals surface area contributed by atoms with Crippen molar-refractivity contribution in [1.29, 1.82) is 0 Å². The first-order valence-corrected chi connectivity index (χ1v) is 11.4. The Morgan fingerprint density at radius 3 is 2.86 bits per heavy atom. The van der Waals surface area contributed by atoms with Gasteiger partial charge in [-0.15, -0.1) is 0 Å². The monoisotopic (exact) mass is 478 g/mol. The van der Waals surface area contributed by atoms with Crippen LogP contribution in [0, 0.1) is 5.82 Å². The van der Waals surface area contributed by atoms with E-state index in [1.54, 1.807) is 18.2 Å². The van der Waals surface area contributed by atoms with Gasteiger partial charge in [0.1, 0.15) is 11.5 Å². The van der Waals surface area contributed by atoms with Crippen LogP contribution in [0.4, 0.5) is 4.39 Å². The Kier molecular flexibility index (Phi) is 6.62. The molecule has 35 heavy (non-hydrogen) atoms. The molecule has 1 N–H and O–H groups in total. The Hall–Kier alpha value is -3.92. The Morgan fingerprint density at radius 1 is 1.17 bits per heavy atom. The number of ether oxygens (including phenoxy) is 1. The van der Waals surface area contributed by atoms with Gasteiger partial charge in [-0.2, -0.15) is 4.98 Å². The van der Waals surface area contributed by atoms with Crippen molar-refractivity contribution in [3.8, 4) is 22.6 Å². The molecule has 1 saturated carbocycles. The third-order valence-corrected chi connectivity index (χ3v) is 5.81. The summed E-state index contributed by atoms with van der Waals surface area (Å²) in [6.07, 6.45) is 6.86. The first-order valence-electron chi connectivity index (χ1n) is 11.4. The Bertz CT molecular complexity index is 1330. The van der Waals surface area contributed by atoms with E-state index in [2.05, 4.69) is 20.3 Å². The number of aromatic carboxylic acids is 1. The second-order valence-corrected chi connectivity index (χ2v) is 8.41. The molecule has 1 aromatic carbocycles. The lowest BCUT2D eigenvalue weighted by Gasteiger charge is -2.06. The average molecular weight is 478 g/mol. The molecule has 4 aromatic rings. The molecule has 1 aliphatic rings. The summed E-state index contributed by atoms with van der Waals surface area (Å²) in [5.74, 6) is 0.479. The molecule has 0 saturated heterocycles. The molecule has 0 amide bonds. The second-order valence-electron chi connectivity index (χ2n) is 8.41. The normalized spacial score (nSPS) is 13.3. The number of pyridine rings is 1. The third-order valence-electron chi connectivity index (χ3n) is 5.81. The first kappa shape index (κ1) is 22.9. The number of unbranched alkanes of at least 4 members (excludes halogenated alkanes) is 1. The zero-order valence-electron chi connectivity index (χ0n) is 18.8. The van der Waals surface area contributed by atoms with Crippen molar-refractivity contribution >= 4 is 5.97 Å². The Morgan fingerprint density at radius 2 is 2.06 bits per heavy atom. The van der Waals surface area contributed by atoms with Crippen LogP contribution in [0.25, 0.3) is 22.6 Å². The van der Waals surface area contributed by atoms with Crippen molar-refractivity contribution in [2.75, 3.05) is 6.61 Å². The summed E-state index contributed by atoms with van der Waals surface area (Å²) < 4.78 is 31.0. The molecule has 0 atom stereocenters. The van der Waals surface area contributed by atoms with Gasteiger partial charge < -0.3 is 18.9 Å². The number of aromatic nitrogens is 4. The third kappa shape index (κ3) is 5.27. The Balaban J connectivity index is 1.13. The van der Waals surface area contributed by atoms with Crippen LogP contribution in [-0.2, 0) is 17.8 Å². The SMILES string of the molecule is O=C(O)c1cccc(-c2noc(CCCCOCc3c(-c4ccncc4F)noc3C3CC3)n2)c1. The fraction of sp³-hybridized carbons (Fsp3) is 0.320. The van der Waals surface area contributed by atoms with Gasteiger partial charge in [0.25, 0.3) is 0 Å². The molecule has 9 nitrogen and oxygen atoms in total. The number of hydrogen-bond acceptors (Lipinski definition) is 8. The van der Waals surface area contributed by atoms with Gasteiger partial charge in [-0.25, -0.2) is 9.18 Å². The molecule has 0 unspecified atom stereocenters. The highest BCUT2D eigenvalue weighted by molar-refractivity contribution is 5.89. The molecule has 3 heterocycles. The quantitative estimate of drug-likeness (QED) is 0.295. The Labute approximate surface area is 199 Å². The van der Waals surface area contributed by atoms with Crippen molar-refractivity contribution in [1.82, 2.24) is 20.3 Å². The van der Waals surface area contributed by atoms with E-state index in [4.69, 9.17) is 18.9 Å². The van der Waals surface area contributed by atoms with Crippen LogP contribution in [-0.4, -0.2) is 38.0 Å². The van der Waals surface area contributed by atoms with E-state index in [-0.39, 0.29) is 12.2 Å². The van der Waals surface area contributed by atoms with Gasteiger partial charge in [0.15, 0.2) is 5.82 Å². The summed E-state index contributed by atoms with van der Waals surface area (Å²) in [6.45, 7) is 0.784. The molecule has 0 radical (unpaired) electrons. The lowest BCUT2D eigenvalue weighted by Crippen LogP contribution is -2.00. The van der Waals surface area contributed by atoms with Gasteiger partial charge in [0, 0.05) is 41.8 Å².